The van der Waals surface area contributed by atoms with E-state index >= 15 is 0 Å². The molecule has 4 heteroatoms. The van der Waals surface area contributed by atoms with Crippen LogP contribution in [0.2, 0.25) is 5.02 Å². The first kappa shape index (κ1) is 10.8. The van der Waals surface area contributed by atoms with Crippen molar-refractivity contribution in [2.75, 3.05) is 5.73 Å². The molecule has 1 aromatic carbocycles. The van der Waals surface area contributed by atoms with Gasteiger partial charge in [-0.1, -0.05) is 11.6 Å². The summed E-state index contributed by atoms with van der Waals surface area (Å²) in [4.78, 5) is 4.30. The Bertz CT molecular complexity index is 532. The topological polar surface area (TPSA) is 51.5 Å². The average Bonchev–Trinajstić information content (AvgIpc) is 2.63. The summed E-state index contributed by atoms with van der Waals surface area (Å²) >= 11 is 5.85. The van der Waals surface area contributed by atoms with Gasteiger partial charge in [0.25, 0.3) is 0 Å². The first-order valence-corrected chi connectivity index (χ1v) is 5.18. The maximum Gasteiger partial charge on any atom is 0.191 e. The maximum absolute atomic E-state index is 5.85. The molecule has 2 N–H and O–H groups in total. The first-order valence-electron chi connectivity index (χ1n) is 4.81. The van der Waals surface area contributed by atoms with Crippen molar-refractivity contribution in [2.24, 2.45) is 4.99 Å². The molecule has 0 amide bonds. The highest BCUT2D eigenvalue weighted by Crippen LogP contribution is 2.22. The van der Waals surface area contributed by atoms with Gasteiger partial charge in [-0.15, -0.1) is 0 Å². The van der Waals surface area contributed by atoms with Crippen LogP contribution in [0.3, 0.4) is 0 Å². The average molecular weight is 235 g/mol. The largest absolute Gasteiger partial charge is 0.440 e. The van der Waals surface area contributed by atoms with Crippen molar-refractivity contribution >= 4 is 29.4 Å². The van der Waals surface area contributed by atoms with Gasteiger partial charge in [-0.3, -0.25) is 4.99 Å². The highest BCUT2D eigenvalue weighted by atomic mass is 35.5. The van der Waals surface area contributed by atoms with E-state index in [9.17, 15) is 0 Å². The van der Waals surface area contributed by atoms with E-state index in [4.69, 9.17) is 21.8 Å². The molecule has 0 aliphatic heterocycles. The lowest BCUT2D eigenvalue weighted by Gasteiger charge is -1.99. The molecular formula is C12H11ClN2O. The van der Waals surface area contributed by atoms with Crippen molar-refractivity contribution in [1.29, 1.82) is 0 Å². The van der Waals surface area contributed by atoms with Crippen LogP contribution in [0.1, 0.15) is 11.3 Å². The van der Waals surface area contributed by atoms with Crippen molar-refractivity contribution in [3.8, 4) is 0 Å². The zero-order chi connectivity index (χ0) is 11.5. The molecule has 0 atom stereocenters. The van der Waals surface area contributed by atoms with Gasteiger partial charge in [-0.2, -0.15) is 0 Å². The van der Waals surface area contributed by atoms with Crippen LogP contribution in [0, 0.1) is 6.92 Å². The normalized spacial score (nSPS) is 11.1. The van der Waals surface area contributed by atoms with E-state index in [2.05, 4.69) is 4.99 Å². The van der Waals surface area contributed by atoms with Crippen LogP contribution in [0.15, 0.2) is 39.7 Å². The highest BCUT2D eigenvalue weighted by molar-refractivity contribution is 6.30. The Morgan fingerprint density at radius 1 is 1.31 bits per heavy atom. The second kappa shape index (κ2) is 4.41. The molecule has 0 unspecified atom stereocenters. The molecule has 0 radical (unpaired) electrons. The number of hydrogen-bond acceptors (Lipinski definition) is 3. The van der Waals surface area contributed by atoms with Gasteiger partial charge in [0.1, 0.15) is 5.76 Å². The van der Waals surface area contributed by atoms with Gasteiger partial charge in [-0.05, 0) is 36.8 Å². The number of hydrogen-bond donors (Lipinski definition) is 1. The number of nitrogens with two attached hydrogens (primary N) is 1. The van der Waals surface area contributed by atoms with Crippen LogP contribution in [0.5, 0.6) is 0 Å². The fourth-order valence-electron chi connectivity index (χ4n) is 1.33. The zero-order valence-electron chi connectivity index (χ0n) is 8.77. The second-order valence-corrected chi connectivity index (χ2v) is 3.87. The number of halogens is 1. The summed E-state index contributed by atoms with van der Waals surface area (Å²) in [5.41, 5.74) is 7.33. The minimum atomic E-state index is 0.384. The number of furan rings is 1. The van der Waals surface area contributed by atoms with Crippen molar-refractivity contribution in [3.05, 3.63) is 46.7 Å². The fourth-order valence-corrected chi connectivity index (χ4v) is 1.56. The maximum atomic E-state index is 5.85. The van der Waals surface area contributed by atoms with Crippen LogP contribution in [-0.4, -0.2) is 6.21 Å². The Balaban J connectivity index is 2.23. The van der Waals surface area contributed by atoms with Crippen molar-refractivity contribution < 1.29 is 4.42 Å². The quantitative estimate of drug-likeness (QED) is 0.808. The van der Waals surface area contributed by atoms with Crippen LogP contribution < -0.4 is 5.73 Å². The number of benzene rings is 1. The Hall–Kier alpha value is -1.74. The number of nitrogens with zero attached hydrogens (tertiary/aromatic N) is 1. The third kappa shape index (κ3) is 2.44. The number of rotatable bonds is 2. The summed E-state index contributed by atoms with van der Waals surface area (Å²) in [5.74, 6) is 1.01. The SMILES string of the molecule is Cc1cc(Cl)ccc1N=Cc1ccc(N)o1. The predicted molar refractivity (Wildman–Crippen MR) is 66.6 cm³/mol. The third-order valence-corrected chi connectivity index (χ3v) is 2.37. The van der Waals surface area contributed by atoms with E-state index in [1.807, 2.05) is 19.1 Å². The summed E-state index contributed by atoms with van der Waals surface area (Å²) in [6.07, 6.45) is 1.63. The molecule has 0 saturated heterocycles. The van der Waals surface area contributed by atoms with Crippen molar-refractivity contribution in [3.63, 3.8) is 0 Å². The summed E-state index contributed by atoms with van der Waals surface area (Å²) in [6.45, 7) is 1.95. The minimum absolute atomic E-state index is 0.384. The Morgan fingerprint density at radius 3 is 2.75 bits per heavy atom. The van der Waals surface area contributed by atoms with Gasteiger partial charge in [0, 0.05) is 11.1 Å². The molecule has 0 spiro atoms. The molecule has 16 heavy (non-hydrogen) atoms. The fraction of sp³-hybridized carbons (Fsp3) is 0.0833. The molecule has 0 saturated carbocycles. The summed E-state index contributed by atoms with van der Waals surface area (Å²) in [6, 6.07) is 8.99. The molecule has 0 bridgehead atoms. The molecule has 1 aromatic heterocycles. The van der Waals surface area contributed by atoms with Gasteiger partial charge < -0.3 is 10.2 Å². The summed E-state index contributed by atoms with van der Waals surface area (Å²) in [5, 5.41) is 0.707. The monoisotopic (exact) mass is 234 g/mol. The lowest BCUT2D eigenvalue weighted by Crippen LogP contribution is -1.79. The Kier molecular flexibility index (Phi) is 2.97. The van der Waals surface area contributed by atoms with E-state index in [0.717, 1.165) is 11.3 Å². The highest BCUT2D eigenvalue weighted by Gasteiger charge is 1.98. The van der Waals surface area contributed by atoms with E-state index in [0.29, 0.717) is 16.7 Å². The van der Waals surface area contributed by atoms with Crippen LogP contribution in [0.25, 0.3) is 0 Å². The number of aryl methyl sites for hydroxylation is 1. The number of aliphatic imine (C=N–C) groups is 1. The molecule has 82 valence electrons. The molecule has 0 aliphatic carbocycles. The standard InChI is InChI=1S/C12H11ClN2O/c1-8-6-9(13)2-4-11(8)15-7-10-3-5-12(14)16-10/h2-7H,14H2,1H3. The molecular weight excluding hydrogens is 224 g/mol. The van der Waals surface area contributed by atoms with Gasteiger partial charge in [0.15, 0.2) is 5.88 Å². The minimum Gasteiger partial charge on any atom is -0.440 e. The number of anilines is 1. The van der Waals surface area contributed by atoms with Crippen LogP contribution in [-0.2, 0) is 0 Å². The number of nitrogen functional groups attached to an aromatic ring is 1. The van der Waals surface area contributed by atoms with Crippen LogP contribution >= 0.6 is 11.6 Å². The van der Waals surface area contributed by atoms with Crippen LogP contribution in [0.4, 0.5) is 11.6 Å². The molecule has 0 fully saturated rings. The molecule has 1 heterocycles. The van der Waals surface area contributed by atoms with E-state index in [1.54, 1.807) is 24.4 Å². The zero-order valence-corrected chi connectivity index (χ0v) is 9.53. The molecule has 0 aliphatic rings. The van der Waals surface area contributed by atoms with Gasteiger partial charge >= 0.3 is 0 Å². The predicted octanol–water partition coefficient (Wildman–Crippen LogP) is 3.57. The lowest BCUT2D eigenvalue weighted by atomic mass is 10.2. The van der Waals surface area contributed by atoms with Gasteiger partial charge in [0.05, 0.1) is 11.9 Å². The van der Waals surface area contributed by atoms with Gasteiger partial charge in [-0.25, -0.2) is 0 Å². The summed E-state index contributed by atoms with van der Waals surface area (Å²) in [7, 11) is 0. The third-order valence-electron chi connectivity index (χ3n) is 2.14. The van der Waals surface area contributed by atoms with Crippen molar-refractivity contribution in [2.45, 2.75) is 6.92 Å². The summed E-state index contributed by atoms with van der Waals surface area (Å²) < 4.78 is 5.17. The molecule has 2 rings (SSSR count). The van der Waals surface area contributed by atoms with E-state index in [-0.39, 0.29) is 0 Å². The smallest absolute Gasteiger partial charge is 0.191 e. The van der Waals surface area contributed by atoms with Crippen molar-refractivity contribution in [1.82, 2.24) is 0 Å². The molecule has 2 aromatic rings. The van der Waals surface area contributed by atoms with E-state index in [1.165, 1.54) is 0 Å². The lowest BCUT2D eigenvalue weighted by molar-refractivity contribution is 0.580. The Morgan fingerprint density at radius 2 is 2.12 bits per heavy atom. The Labute approximate surface area is 98.6 Å². The van der Waals surface area contributed by atoms with E-state index < -0.39 is 0 Å². The molecule has 3 nitrogen and oxygen atoms in total. The first-order chi connectivity index (χ1) is 7.65. The van der Waals surface area contributed by atoms with Gasteiger partial charge in [0.2, 0.25) is 0 Å². The second-order valence-electron chi connectivity index (χ2n) is 3.43.